The van der Waals surface area contributed by atoms with Crippen molar-refractivity contribution in [3.05, 3.63) is 53.6 Å². The van der Waals surface area contributed by atoms with Crippen LogP contribution in [-0.4, -0.2) is 49.8 Å². The van der Waals surface area contributed by atoms with Crippen LogP contribution in [-0.2, 0) is 16.4 Å². The van der Waals surface area contributed by atoms with Gasteiger partial charge in [0, 0.05) is 31.1 Å². The first kappa shape index (κ1) is 19.3. The quantitative estimate of drug-likeness (QED) is 0.669. The molecular weight excluding hydrogens is 398 g/mol. The fourth-order valence-electron chi connectivity index (χ4n) is 4.19. The van der Waals surface area contributed by atoms with Crippen LogP contribution < -0.4 is 15.5 Å². The summed E-state index contributed by atoms with van der Waals surface area (Å²) in [5.41, 5.74) is 2.80. The average molecular weight is 424 g/mol. The normalized spacial score (nSPS) is 20.7. The fraction of sp³-hybridized carbons (Fsp3) is 0.364. The van der Waals surface area contributed by atoms with Crippen LogP contribution in [0.1, 0.15) is 17.5 Å². The van der Waals surface area contributed by atoms with Gasteiger partial charge in [0.25, 0.3) is 0 Å². The molecule has 0 bridgehead atoms. The van der Waals surface area contributed by atoms with Crippen molar-refractivity contribution >= 4 is 32.5 Å². The summed E-state index contributed by atoms with van der Waals surface area (Å²) >= 11 is 0. The van der Waals surface area contributed by atoms with Crippen LogP contribution in [0, 0.1) is 6.92 Å². The van der Waals surface area contributed by atoms with E-state index in [1.807, 2.05) is 29.2 Å². The molecule has 8 heteroatoms. The predicted octanol–water partition coefficient (Wildman–Crippen LogP) is 2.51. The molecule has 1 aromatic heterocycles. The van der Waals surface area contributed by atoms with E-state index in [4.69, 9.17) is 9.97 Å². The van der Waals surface area contributed by atoms with Crippen molar-refractivity contribution in [3.63, 3.8) is 0 Å². The largest absolute Gasteiger partial charge is 0.365 e. The third-order valence-corrected chi connectivity index (χ3v) is 7.61. The number of aromatic nitrogens is 2. The molecule has 1 atom stereocenters. The number of benzene rings is 2. The molecule has 1 saturated heterocycles. The minimum Gasteiger partial charge on any atom is -0.365 e. The molecule has 2 aliphatic heterocycles. The molecular formula is C22H25N5O2S. The molecule has 0 radical (unpaired) electrons. The Morgan fingerprint density at radius 1 is 1.17 bits per heavy atom. The minimum atomic E-state index is -3.32. The Labute approximate surface area is 176 Å². The highest BCUT2D eigenvalue weighted by Gasteiger charge is 2.27. The molecule has 1 fully saturated rings. The second-order valence-electron chi connectivity index (χ2n) is 8.08. The summed E-state index contributed by atoms with van der Waals surface area (Å²) in [5.74, 6) is 1.42. The zero-order valence-corrected chi connectivity index (χ0v) is 17.7. The highest BCUT2D eigenvalue weighted by Crippen LogP contribution is 2.29. The van der Waals surface area contributed by atoms with Crippen LogP contribution in [0.15, 0.2) is 47.4 Å². The molecule has 2 N–H and O–H groups in total. The smallest absolute Gasteiger partial charge is 0.228 e. The standard InChI is InChI=1S/C22H25N5O2S/c1-15-6-7-19-18(12-15)21(24-17-8-9-23-13-17)26-22(25-19)27-10-11-30(28,29)20-5-3-2-4-16(20)14-27/h2-7,12,17,23H,8-11,13-14H2,1H3,(H,24,25,26). The zero-order chi connectivity index (χ0) is 20.7. The fourth-order valence-corrected chi connectivity index (χ4v) is 5.68. The van der Waals surface area contributed by atoms with Gasteiger partial charge in [-0.15, -0.1) is 0 Å². The van der Waals surface area contributed by atoms with Gasteiger partial charge in [-0.05, 0) is 43.7 Å². The van der Waals surface area contributed by atoms with Gasteiger partial charge in [0.1, 0.15) is 5.82 Å². The third kappa shape index (κ3) is 3.61. The molecule has 0 spiro atoms. The number of aryl methyl sites for hydroxylation is 1. The number of sulfone groups is 1. The number of anilines is 2. The summed E-state index contributed by atoms with van der Waals surface area (Å²) in [4.78, 5) is 12.1. The van der Waals surface area contributed by atoms with Crippen molar-refractivity contribution in [2.75, 3.05) is 35.6 Å². The molecule has 1 unspecified atom stereocenters. The van der Waals surface area contributed by atoms with Gasteiger partial charge in [0.2, 0.25) is 5.95 Å². The van der Waals surface area contributed by atoms with Crippen LogP contribution in [0.5, 0.6) is 0 Å². The topological polar surface area (TPSA) is 87.2 Å². The van der Waals surface area contributed by atoms with Gasteiger partial charge >= 0.3 is 0 Å². The van der Waals surface area contributed by atoms with Gasteiger partial charge in [0.05, 0.1) is 16.2 Å². The van der Waals surface area contributed by atoms with E-state index in [-0.39, 0.29) is 5.75 Å². The Morgan fingerprint density at radius 2 is 2.03 bits per heavy atom. The molecule has 30 heavy (non-hydrogen) atoms. The molecule has 156 valence electrons. The van der Waals surface area contributed by atoms with E-state index < -0.39 is 9.84 Å². The average Bonchev–Trinajstić information content (AvgIpc) is 3.20. The second kappa shape index (κ2) is 7.52. The summed E-state index contributed by atoms with van der Waals surface area (Å²) in [6.45, 7) is 4.79. The lowest BCUT2D eigenvalue weighted by Crippen LogP contribution is -2.28. The molecule has 5 rings (SSSR count). The van der Waals surface area contributed by atoms with E-state index in [0.29, 0.717) is 30.0 Å². The Kier molecular flexibility index (Phi) is 4.83. The van der Waals surface area contributed by atoms with E-state index >= 15 is 0 Å². The molecule has 2 aromatic carbocycles. The molecule has 0 aliphatic carbocycles. The number of hydrogen-bond donors (Lipinski definition) is 2. The Hall–Kier alpha value is -2.71. The van der Waals surface area contributed by atoms with E-state index in [1.165, 1.54) is 0 Å². The Morgan fingerprint density at radius 3 is 2.87 bits per heavy atom. The number of nitrogens with zero attached hydrogens (tertiary/aromatic N) is 3. The summed E-state index contributed by atoms with van der Waals surface area (Å²) in [5, 5.41) is 7.95. The highest BCUT2D eigenvalue weighted by atomic mass is 32.2. The van der Waals surface area contributed by atoms with Gasteiger partial charge in [-0.3, -0.25) is 0 Å². The summed E-state index contributed by atoms with van der Waals surface area (Å²) in [6, 6.07) is 13.7. The van der Waals surface area contributed by atoms with Crippen molar-refractivity contribution in [1.82, 2.24) is 15.3 Å². The zero-order valence-electron chi connectivity index (χ0n) is 16.9. The monoisotopic (exact) mass is 423 g/mol. The minimum absolute atomic E-state index is 0.0502. The molecule has 0 amide bonds. The van der Waals surface area contributed by atoms with Crippen LogP contribution in [0.2, 0.25) is 0 Å². The predicted molar refractivity (Wildman–Crippen MR) is 119 cm³/mol. The van der Waals surface area contributed by atoms with E-state index in [1.54, 1.807) is 12.1 Å². The van der Waals surface area contributed by atoms with Crippen LogP contribution >= 0.6 is 0 Å². The first-order valence-electron chi connectivity index (χ1n) is 10.3. The maximum Gasteiger partial charge on any atom is 0.228 e. The molecule has 2 aliphatic rings. The van der Waals surface area contributed by atoms with E-state index in [0.717, 1.165) is 47.4 Å². The van der Waals surface area contributed by atoms with Crippen molar-refractivity contribution < 1.29 is 8.42 Å². The van der Waals surface area contributed by atoms with Crippen LogP contribution in [0.4, 0.5) is 11.8 Å². The van der Waals surface area contributed by atoms with E-state index in [9.17, 15) is 8.42 Å². The van der Waals surface area contributed by atoms with Gasteiger partial charge in [-0.2, -0.15) is 4.98 Å². The van der Waals surface area contributed by atoms with Gasteiger partial charge < -0.3 is 15.5 Å². The number of nitrogens with one attached hydrogen (secondary N) is 2. The lowest BCUT2D eigenvalue weighted by atomic mass is 10.1. The lowest BCUT2D eigenvalue weighted by molar-refractivity contribution is 0.596. The third-order valence-electron chi connectivity index (χ3n) is 5.82. The lowest BCUT2D eigenvalue weighted by Gasteiger charge is -2.23. The van der Waals surface area contributed by atoms with Crippen LogP contribution in [0.3, 0.4) is 0 Å². The van der Waals surface area contributed by atoms with Gasteiger partial charge in [0.15, 0.2) is 9.84 Å². The van der Waals surface area contributed by atoms with Crippen molar-refractivity contribution in [3.8, 4) is 0 Å². The highest BCUT2D eigenvalue weighted by molar-refractivity contribution is 7.91. The SMILES string of the molecule is Cc1ccc2nc(N3CCS(=O)(=O)c4ccccc4C3)nc(NC3CCNC3)c2c1. The number of fused-ring (bicyclic) bond motifs is 2. The van der Waals surface area contributed by atoms with Gasteiger partial charge in [-0.25, -0.2) is 13.4 Å². The molecule has 3 heterocycles. The van der Waals surface area contributed by atoms with Crippen molar-refractivity contribution in [2.24, 2.45) is 0 Å². The summed E-state index contributed by atoms with van der Waals surface area (Å²) in [7, 11) is -3.32. The Bertz CT molecular complexity index is 1210. The summed E-state index contributed by atoms with van der Waals surface area (Å²) < 4.78 is 25.5. The second-order valence-corrected chi connectivity index (χ2v) is 10.2. The Balaban J connectivity index is 1.58. The van der Waals surface area contributed by atoms with Crippen molar-refractivity contribution in [1.29, 1.82) is 0 Å². The molecule has 7 nitrogen and oxygen atoms in total. The van der Waals surface area contributed by atoms with Crippen LogP contribution in [0.25, 0.3) is 10.9 Å². The van der Waals surface area contributed by atoms with Gasteiger partial charge in [-0.1, -0.05) is 29.8 Å². The molecule has 0 saturated carbocycles. The summed E-state index contributed by atoms with van der Waals surface area (Å²) in [6.07, 6.45) is 1.04. The number of hydrogen-bond acceptors (Lipinski definition) is 7. The number of rotatable bonds is 3. The van der Waals surface area contributed by atoms with Crippen molar-refractivity contribution in [2.45, 2.75) is 30.8 Å². The first-order valence-corrected chi connectivity index (χ1v) is 12.0. The first-order chi connectivity index (χ1) is 14.5. The maximum absolute atomic E-state index is 12.7. The maximum atomic E-state index is 12.7. The van der Waals surface area contributed by atoms with E-state index in [2.05, 4.69) is 23.6 Å². The molecule has 3 aromatic rings.